The highest BCUT2D eigenvalue weighted by atomic mass is 35.5. The minimum atomic E-state index is -0.886. The summed E-state index contributed by atoms with van der Waals surface area (Å²) in [5.41, 5.74) is 0.914. The lowest BCUT2D eigenvalue weighted by Gasteiger charge is -2.26. The Balaban J connectivity index is 1.79. The van der Waals surface area contributed by atoms with E-state index in [1.807, 2.05) is 6.07 Å². The van der Waals surface area contributed by atoms with Gasteiger partial charge in [-0.3, -0.25) is 9.59 Å². The molecule has 1 aromatic heterocycles. The molecule has 1 aliphatic rings. The fourth-order valence-corrected chi connectivity index (χ4v) is 3.95. The van der Waals surface area contributed by atoms with Gasteiger partial charge in [0.1, 0.15) is 11.3 Å². The van der Waals surface area contributed by atoms with Crippen LogP contribution in [0.25, 0.3) is 11.0 Å². The molecule has 1 unspecified atom stereocenters. The molecule has 0 radical (unpaired) electrons. The first-order valence-electron chi connectivity index (χ1n) is 9.67. The van der Waals surface area contributed by atoms with E-state index in [1.54, 1.807) is 37.4 Å². The van der Waals surface area contributed by atoms with Crippen LogP contribution in [0.3, 0.4) is 0 Å². The van der Waals surface area contributed by atoms with E-state index in [-0.39, 0.29) is 28.7 Å². The molecule has 1 amide bonds. The molecule has 7 nitrogen and oxygen atoms in total. The molecular formula is C23H20ClNO6. The number of ketones is 1. The Bertz CT molecular complexity index is 1160. The molecule has 2 N–H and O–H groups in total. The van der Waals surface area contributed by atoms with Crippen LogP contribution in [0.2, 0.25) is 5.02 Å². The molecule has 0 spiro atoms. The highest BCUT2D eigenvalue weighted by Crippen LogP contribution is 2.41. The number of benzene rings is 2. The number of aliphatic hydroxyl groups excluding tert-OH is 1. The van der Waals surface area contributed by atoms with Crippen molar-refractivity contribution in [2.24, 2.45) is 0 Å². The van der Waals surface area contributed by atoms with Crippen LogP contribution in [0.1, 0.15) is 28.6 Å². The highest BCUT2D eigenvalue weighted by molar-refractivity contribution is 6.32. The average Bonchev–Trinajstić information content (AvgIpc) is 3.30. The predicted octanol–water partition coefficient (Wildman–Crippen LogP) is 4.41. The molecule has 3 aromatic rings. The van der Waals surface area contributed by atoms with Crippen molar-refractivity contribution in [3.63, 3.8) is 0 Å². The van der Waals surface area contributed by atoms with Crippen molar-refractivity contribution in [2.75, 3.05) is 20.3 Å². The Morgan fingerprint density at radius 2 is 1.97 bits per heavy atom. The number of phenols is 1. The minimum absolute atomic E-state index is 0.0177. The van der Waals surface area contributed by atoms with E-state index in [4.69, 9.17) is 20.8 Å². The number of hydrogen-bond donors (Lipinski definition) is 2. The maximum Gasteiger partial charge on any atom is 0.290 e. The zero-order chi connectivity index (χ0) is 22.1. The Hall–Kier alpha value is -3.29. The van der Waals surface area contributed by atoms with E-state index in [0.29, 0.717) is 24.2 Å². The van der Waals surface area contributed by atoms with Crippen LogP contribution in [-0.2, 0) is 9.53 Å². The summed E-state index contributed by atoms with van der Waals surface area (Å²) in [6, 6.07) is 12.3. The zero-order valence-corrected chi connectivity index (χ0v) is 17.4. The third kappa shape index (κ3) is 3.78. The number of ether oxygens (including phenoxy) is 1. The lowest BCUT2D eigenvalue weighted by molar-refractivity contribution is -0.129. The number of carbonyl (C=O) groups is 2. The Morgan fingerprint density at radius 3 is 2.68 bits per heavy atom. The first kappa shape index (κ1) is 21.0. The fourth-order valence-electron chi connectivity index (χ4n) is 3.76. The van der Waals surface area contributed by atoms with E-state index in [2.05, 4.69) is 0 Å². The van der Waals surface area contributed by atoms with Gasteiger partial charge in [0.25, 0.3) is 5.91 Å². The number of phenolic OH excluding ortho intramolecular Hbond substituents is 1. The number of carbonyl (C=O) groups excluding carboxylic acids is 2. The number of nitrogens with zero attached hydrogens (tertiary/aromatic N) is 1. The molecule has 1 atom stereocenters. The number of aliphatic hydroxyl groups is 1. The predicted molar refractivity (Wildman–Crippen MR) is 114 cm³/mol. The maximum absolute atomic E-state index is 13.4. The van der Waals surface area contributed by atoms with Crippen molar-refractivity contribution in [2.45, 2.75) is 12.5 Å². The van der Waals surface area contributed by atoms with Crippen molar-refractivity contribution in [1.29, 1.82) is 0 Å². The van der Waals surface area contributed by atoms with Crippen molar-refractivity contribution < 1.29 is 29.0 Å². The van der Waals surface area contributed by atoms with Gasteiger partial charge in [-0.2, -0.15) is 0 Å². The fraction of sp³-hybridized carbons (Fsp3) is 0.217. The first-order chi connectivity index (χ1) is 14.9. The van der Waals surface area contributed by atoms with Gasteiger partial charge in [0, 0.05) is 25.6 Å². The summed E-state index contributed by atoms with van der Waals surface area (Å²) in [7, 11) is 1.55. The Labute approximate surface area is 183 Å². The van der Waals surface area contributed by atoms with Gasteiger partial charge in [-0.1, -0.05) is 35.9 Å². The topological polar surface area (TPSA) is 100 Å². The van der Waals surface area contributed by atoms with Gasteiger partial charge in [-0.05, 0) is 36.2 Å². The van der Waals surface area contributed by atoms with E-state index in [1.165, 1.54) is 17.0 Å². The normalized spacial score (nSPS) is 16.5. The third-order valence-corrected chi connectivity index (χ3v) is 5.54. The van der Waals surface area contributed by atoms with Crippen LogP contribution in [-0.4, -0.2) is 47.1 Å². The second kappa shape index (κ2) is 8.45. The molecule has 0 aliphatic carbocycles. The number of halogens is 1. The van der Waals surface area contributed by atoms with Gasteiger partial charge >= 0.3 is 0 Å². The molecule has 0 bridgehead atoms. The van der Waals surface area contributed by atoms with Crippen molar-refractivity contribution in [3.8, 4) is 5.75 Å². The molecular weight excluding hydrogens is 422 g/mol. The summed E-state index contributed by atoms with van der Waals surface area (Å²) in [5.74, 6) is -1.99. The maximum atomic E-state index is 13.4. The standard InChI is InChI=1S/C23H20ClNO6/c1-30-10-4-9-25-20(14-7-8-16(26)15(24)11-14)19(22(28)23(25)29)21(27)18-12-13-5-2-3-6-17(13)31-18/h2-3,5-8,11-12,20,26,28H,4,9-10H2,1H3. The molecule has 31 heavy (non-hydrogen) atoms. The van der Waals surface area contributed by atoms with Gasteiger partial charge < -0.3 is 24.3 Å². The molecule has 8 heteroatoms. The van der Waals surface area contributed by atoms with Crippen LogP contribution in [0.15, 0.2) is 64.3 Å². The second-order valence-electron chi connectivity index (χ2n) is 7.20. The summed E-state index contributed by atoms with van der Waals surface area (Å²) in [6.07, 6.45) is 0.504. The minimum Gasteiger partial charge on any atom is -0.506 e. The molecule has 0 saturated heterocycles. The number of para-hydroxylation sites is 1. The van der Waals surface area contributed by atoms with Crippen molar-refractivity contribution in [1.82, 2.24) is 4.90 Å². The summed E-state index contributed by atoms with van der Waals surface area (Å²) in [4.78, 5) is 27.6. The largest absolute Gasteiger partial charge is 0.506 e. The molecule has 0 fully saturated rings. The smallest absolute Gasteiger partial charge is 0.290 e. The number of furan rings is 1. The van der Waals surface area contributed by atoms with Gasteiger partial charge in [0.2, 0.25) is 5.78 Å². The lowest BCUT2D eigenvalue weighted by atomic mass is 9.95. The zero-order valence-electron chi connectivity index (χ0n) is 16.7. The lowest BCUT2D eigenvalue weighted by Crippen LogP contribution is -2.32. The molecule has 2 aromatic carbocycles. The van der Waals surface area contributed by atoms with Gasteiger partial charge in [-0.15, -0.1) is 0 Å². The number of fused-ring (bicyclic) bond motifs is 1. The number of methoxy groups -OCH3 is 1. The van der Waals surface area contributed by atoms with Crippen LogP contribution >= 0.6 is 11.6 Å². The molecule has 160 valence electrons. The molecule has 2 heterocycles. The SMILES string of the molecule is COCCCN1C(=O)C(O)=C(C(=O)c2cc3ccccc3o2)C1c1ccc(O)c(Cl)c1. The van der Waals surface area contributed by atoms with E-state index in [9.17, 15) is 19.8 Å². The van der Waals surface area contributed by atoms with Crippen LogP contribution < -0.4 is 0 Å². The summed E-state index contributed by atoms with van der Waals surface area (Å²) < 4.78 is 10.7. The van der Waals surface area contributed by atoms with Crippen molar-refractivity contribution in [3.05, 3.63) is 76.2 Å². The van der Waals surface area contributed by atoms with Gasteiger partial charge in [-0.25, -0.2) is 0 Å². The number of Topliss-reactive ketones (excluding diaryl/α,β-unsaturated/α-hetero) is 1. The van der Waals surface area contributed by atoms with E-state index < -0.39 is 23.5 Å². The molecule has 4 rings (SSSR count). The second-order valence-corrected chi connectivity index (χ2v) is 7.61. The quantitative estimate of drug-likeness (QED) is 0.416. The number of hydrogen-bond acceptors (Lipinski definition) is 6. The monoisotopic (exact) mass is 441 g/mol. The highest BCUT2D eigenvalue weighted by Gasteiger charge is 2.44. The summed E-state index contributed by atoms with van der Waals surface area (Å²) in [6.45, 7) is 0.650. The van der Waals surface area contributed by atoms with Crippen LogP contribution in [0, 0.1) is 0 Å². The average molecular weight is 442 g/mol. The van der Waals surface area contributed by atoms with E-state index in [0.717, 1.165) is 5.39 Å². The summed E-state index contributed by atoms with van der Waals surface area (Å²) in [5, 5.41) is 21.3. The summed E-state index contributed by atoms with van der Waals surface area (Å²) >= 11 is 6.08. The van der Waals surface area contributed by atoms with Crippen molar-refractivity contribution >= 4 is 34.3 Å². The Morgan fingerprint density at radius 1 is 1.19 bits per heavy atom. The van der Waals surface area contributed by atoms with E-state index >= 15 is 0 Å². The van der Waals surface area contributed by atoms with Crippen LogP contribution in [0.4, 0.5) is 0 Å². The molecule has 0 saturated carbocycles. The van der Waals surface area contributed by atoms with Crippen LogP contribution in [0.5, 0.6) is 5.75 Å². The molecule has 1 aliphatic heterocycles. The number of aromatic hydroxyl groups is 1. The third-order valence-electron chi connectivity index (χ3n) is 5.23. The first-order valence-corrected chi connectivity index (χ1v) is 10.0. The Kier molecular flexibility index (Phi) is 5.71. The number of amides is 1. The number of rotatable bonds is 7. The van der Waals surface area contributed by atoms with Gasteiger partial charge in [0.05, 0.1) is 16.6 Å². The van der Waals surface area contributed by atoms with Gasteiger partial charge in [0.15, 0.2) is 11.5 Å².